The summed E-state index contributed by atoms with van der Waals surface area (Å²) in [7, 11) is 0. The number of hydrogen-bond donors (Lipinski definition) is 1. The maximum atomic E-state index is 4.21. The van der Waals surface area contributed by atoms with E-state index in [2.05, 4.69) is 22.6 Å². The van der Waals surface area contributed by atoms with Crippen LogP contribution < -0.4 is 0 Å². The molecule has 0 radical (unpaired) electrons. The fourth-order valence-corrected chi connectivity index (χ4v) is 2.70. The van der Waals surface area contributed by atoms with Crippen LogP contribution in [0.15, 0.2) is 23.6 Å². The lowest BCUT2D eigenvalue weighted by Gasteiger charge is -2.01. The molecule has 96 valence electrons. The molecule has 1 aromatic heterocycles. The van der Waals surface area contributed by atoms with E-state index in [0.29, 0.717) is 0 Å². The van der Waals surface area contributed by atoms with Crippen LogP contribution >= 0.6 is 24.4 Å². The second-order valence-electron chi connectivity index (χ2n) is 4.09. The quantitative estimate of drug-likeness (QED) is 0.298. The minimum atomic E-state index is 1.04. The van der Waals surface area contributed by atoms with Gasteiger partial charge in [-0.1, -0.05) is 32.1 Å². The maximum Gasteiger partial charge on any atom is 0.116 e. The first-order valence-corrected chi connectivity index (χ1v) is 8.05. The largest absolute Gasteiger partial charge is 0.245 e. The van der Waals surface area contributed by atoms with Crippen molar-refractivity contribution in [2.24, 2.45) is 0 Å². The second-order valence-corrected chi connectivity index (χ2v) is 5.66. The van der Waals surface area contributed by atoms with Crippen molar-refractivity contribution in [3.05, 3.63) is 18.6 Å². The molecule has 17 heavy (non-hydrogen) atoms. The van der Waals surface area contributed by atoms with E-state index in [1.807, 2.05) is 17.8 Å². The Labute approximate surface area is 114 Å². The molecule has 0 aliphatic heterocycles. The summed E-state index contributed by atoms with van der Waals surface area (Å²) in [4.78, 5) is 8.10. The molecule has 0 amide bonds. The summed E-state index contributed by atoms with van der Waals surface area (Å²) in [6.45, 7) is 0. The molecule has 0 saturated heterocycles. The Kier molecular flexibility index (Phi) is 9.52. The number of thioether (sulfide) groups is 1. The van der Waals surface area contributed by atoms with Crippen molar-refractivity contribution in [2.75, 3.05) is 11.5 Å². The molecule has 0 aliphatic carbocycles. The zero-order chi connectivity index (χ0) is 12.2. The van der Waals surface area contributed by atoms with Gasteiger partial charge in [-0.05, 0) is 30.4 Å². The molecule has 4 heteroatoms. The summed E-state index contributed by atoms with van der Waals surface area (Å²) in [6, 6.07) is 1.97. The molecule has 2 nitrogen and oxygen atoms in total. The van der Waals surface area contributed by atoms with Gasteiger partial charge in [0.15, 0.2) is 0 Å². The van der Waals surface area contributed by atoms with Gasteiger partial charge in [0.05, 0.1) is 5.03 Å². The van der Waals surface area contributed by atoms with Crippen LogP contribution in [0.25, 0.3) is 0 Å². The molecule has 0 bridgehead atoms. The predicted octanol–water partition coefficient (Wildman–Crippen LogP) is 4.23. The standard InChI is InChI=1S/C13H22N2S2/c16-10-6-4-2-1-3-5-7-11-17-13-8-9-14-12-15-13/h8-9,12,16H,1-7,10-11H2. The van der Waals surface area contributed by atoms with Gasteiger partial charge in [-0.15, -0.1) is 11.8 Å². The van der Waals surface area contributed by atoms with E-state index in [1.165, 1.54) is 50.7 Å². The molecular weight excluding hydrogens is 248 g/mol. The Morgan fingerprint density at radius 2 is 1.71 bits per heavy atom. The molecule has 0 unspecified atom stereocenters. The number of nitrogens with zero attached hydrogens (tertiary/aromatic N) is 2. The first-order valence-electron chi connectivity index (χ1n) is 6.43. The molecule has 0 saturated carbocycles. The Bertz CT molecular complexity index is 267. The fraction of sp³-hybridized carbons (Fsp3) is 0.692. The van der Waals surface area contributed by atoms with Crippen molar-refractivity contribution >= 4 is 24.4 Å². The van der Waals surface area contributed by atoms with Crippen molar-refractivity contribution in [2.45, 2.75) is 50.0 Å². The van der Waals surface area contributed by atoms with Crippen LogP contribution in [0.5, 0.6) is 0 Å². The molecule has 0 N–H and O–H groups in total. The Morgan fingerprint density at radius 3 is 2.35 bits per heavy atom. The highest BCUT2D eigenvalue weighted by Crippen LogP contribution is 2.16. The topological polar surface area (TPSA) is 25.8 Å². The average Bonchev–Trinajstić information content (AvgIpc) is 2.38. The van der Waals surface area contributed by atoms with E-state index >= 15 is 0 Å². The third-order valence-corrected chi connectivity index (χ3v) is 3.95. The Hall–Kier alpha value is -0.220. The highest BCUT2D eigenvalue weighted by Gasteiger charge is 1.95. The van der Waals surface area contributed by atoms with Gasteiger partial charge in [0, 0.05) is 6.20 Å². The minimum Gasteiger partial charge on any atom is -0.245 e. The van der Waals surface area contributed by atoms with Crippen LogP contribution in [0.2, 0.25) is 0 Å². The highest BCUT2D eigenvalue weighted by atomic mass is 32.2. The van der Waals surface area contributed by atoms with Gasteiger partial charge in [0.2, 0.25) is 0 Å². The van der Waals surface area contributed by atoms with E-state index in [4.69, 9.17) is 0 Å². The molecule has 0 spiro atoms. The smallest absolute Gasteiger partial charge is 0.116 e. The van der Waals surface area contributed by atoms with Crippen molar-refractivity contribution < 1.29 is 0 Å². The number of aromatic nitrogens is 2. The van der Waals surface area contributed by atoms with Gasteiger partial charge in [0.1, 0.15) is 6.33 Å². The molecule has 1 aromatic rings. The second kappa shape index (κ2) is 10.9. The number of thiol groups is 1. The van der Waals surface area contributed by atoms with Crippen LogP contribution in [0.1, 0.15) is 44.9 Å². The molecule has 1 heterocycles. The van der Waals surface area contributed by atoms with Gasteiger partial charge >= 0.3 is 0 Å². The van der Waals surface area contributed by atoms with Gasteiger partial charge in [-0.3, -0.25) is 0 Å². The van der Waals surface area contributed by atoms with E-state index < -0.39 is 0 Å². The van der Waals surface area contributed by atoms with Crippen LogP contribution in [0.4, 0.5) is 0 Å². The molecule has 1 rings (SSSR count). The number of unbranched alkanes of at least 4 members (excludes halogenated alkanes) is 6. The van der Waals surface area contributed by atoms with Crippen molar-refractivity contribution in [3.63, 3.8) is 0 Å². The van der Waals surface area contributed by atoms with Gasteiger partial charge in [0.25, 0.3) is 0 Å². The summed E-state index contributed by atoms with van der Waals surface area (Å²) in [5, 5.41) is 1.09. The summed E-state index contributed by atoms with van der Waals surface area (Å²) < 4.78 is 0. The zero-order valence-electron chi connectivity index (χ0n) is 10.3. The Balaban J connectivity index is 1.85. The SMILES string of the molecule is SCCCCCCCCCSc1ccncn1. The lowest BCUT2D eigenvalue weighted by Crippen LogP contribution is -1.85. The number of rotatable bonds is 10. The molecule has 0 aliphatic rings. The van der Waals surface area contributed by atoms with Crippen molar-refractivity contribution in [3.8, 4) is 0 Å². The molecule has 0 atom stereocenters. The monoisotopic (exact) mass is 270 g/mol. The molecule has 0 aromatic carbocycles. The van der Waals surface area contributed by atoms with Crippen LogP contribution in [-0.2, 0) is 0 Å². The van der Waals surface area contributed by atoms with Crippen molar-refractivity contribution in [1.82, 2.24) is 9.97 Å². The summed E-state index contributed by atoms with van der Waals surface area (Å²) >= 11 is 6.04. The lowest BCUT2D eigenvalue weighted by molar-refractivity contribution is 0.605. The van der Waals surface area contributed by atoms with Crippen LogP contribution in [0, 0.1) is 0 Å². The normalized spacial score (nSPS) is 10.6. The maximum absolute atomic E-state index is 4.21. The van der Waals surface area contributed by atoms with E-state index in [1.54, 1.807) is 12.5 Å². The zero-order valence-corrected chi connectivity index (χ0v) is 12.1. The molecular formula is C13H22N2S2. The van der Waals surface area contributed by atoms with Gasteiger partial charge in [-0.2, -0.15) is 12.6 Å². The summed E-state index contributed by atoms with van der Waals surface area (Å²) in [5.74, 6) is 2.21. The van der Waals surface area contributed by atoms with Gasteiger partial charge in [-0.25, -0.2) is 9.97 Å². The van der Waals surface area contributed by atoms with E-state index in [9.17, 15) is 0 Å². The highest BCUT2D eigenvalue weighted by molar-refractivity contribution is 7.99. The predicted molar refractivity (Wildman–Crippen MR) is 78.9 cm³/mol. The third kappa shape index (κ3) is 8.50. The van der Waals surface area contributed by atoms with Crippen LogP contribution in [0.3, 0.4) is 0 Å². The third-order valence-electron chi connectivity index (χ3n) is 2.61. The molecule has 0 fully saturated rings. The van der Waals surface area contributed by atoms with E-state index in [0.717, 1.165) is 10.8 Å². The van der Waals surface area contributed by atoms with Gasteiger partial charge < -0.3 is 0 Å². The fourth-order valence-electron chi connectivity index (χ4n) is 1.64. The average molecular weight is 270 g/mol. The first kappa shape index (κ1) is 14.8. The van der Waals surface area contributed by atoms with Crippen LogP contribution in [-0.4, -0.2) is 21.5 Å². The summed E-state index contributed by atoms with van der Waals surface area (Å²) in [5.41, 5.74) is 0. The van der Waals surface area contributed by atoms with Crippen molar-refractivity contribution in [1.29, 1.82) is 0 Å². The Morgan fingerprint density at radius 1 is 1.00 bits per heavy atom. The summed E-state index contributed by atoms with van der Waals surface area (Å²) in [6.07, 6.45) is 12.8. The van der Waals surface area contributed by atoms with E-state index in [-0.39, 0.29) is 0 Å². The number of hydrogen-bond acceptors (Lipinski definition) is 4. The minimum absolute atomic E-state index is 1.04. The lowest BCUT2D eigenvalue weighted by atomic mass is 10.1. The first-order chi connectivity index (χ1) is 8.43.